The number of carbonyl (C=O) groups excluding carboxylic acids is 1. The van der Waals surface area contributed by atoms with Gasteiger partial charge in [0.25, 0.3) is 0 Å². The van der Waals surface area contributed by atoms with Crippen molar-refractivity contribution in [3.05, 3.63) is 0 Å². The molecule has 0 heterocycles. The van der Waals surface area contributed by atoms with Crippen LogP contribution < -0.4 is 0 Å². The summed E-state index contributed by atoms with van der Waals surface area (Å²) in [5.74, 6) is 0.0981. The molecular weight excluding hydrogens is 140 g/mol. The van der Waals surface area contributed by atoms with E-state index in [1.54, 1.807) is 0 Å². The third-order valence-corrected chi connectivity index (χ3v) is 2.01. The summed E-state index contributed by atoms with van der Waals surface area (Å²) in [5, 5.41) is 8.59. The van der Waals surface area contributed by atoms with E-state index >= 15 is 0 Å². The van der Waals surface area contributed by atoms with Crippen molar-refractivity contribution >= 4 is 5.78 Å². The molecule has 0 fully saturated rings. The number of aliphatic hydroxyl groups is 1. The lowest BCUT2D eigenvalue weighted by Crippen LogP contribution is -2.17. The molecule has 0 aromatic carbocycles. The number of rotatable bonds is 6. The first-order valence-electron chi connectivity index (χ1n) is 4.39. The van der Waals surface area contributed by atoms with Crippen LogP contribution in [-0.2, 0) is 4.79 Å². The molecular formula is C9H18O2. The molecule has 11 heavy (non-hydrogen) atoms. The Hall–Kier alpha value is -0.370. The molecule has 0 aliphatic carbocycles. The highest BCUT2D eigenvalue weighted by molar-refractivity contribution is 5.81. The molecule has 1 unspecified atom stereocenters. The van der Waals surface area contributed by atoms with Crippen molar-refractivity contribution < 1.29 is 9.90 Å². The fourth-order valence-electron chi connectivity index (χ4n) is 1.17. The normalized spacial score (nSPS) is 13.0. The fraction of sp³-hybridized carbons (Fsp3) is 0.889. The number of carbonyl (C=O) groups is 1. The standard InChI is InChI=1S/C9H18O2/c1-3-5-6-8(4-2)9(11)7-10/h8,10H,3-7H2,1-2H3. The predicted molar refractivity (Wildman–Crippen MR) is 45.4 cm³/mol. The molecule has 0 radical (unpaired) electrons. The van der Waals surface area contributed by atoms with Crippen LogP contribution in [0.3, 0.4) is 0 Å². The molecule has 0 saturated heterocycles. The van der Waals surface area contributed by atoms with E-state index in [-0.39, 0.29) is 18.3 Å². The molecule has 0 aromatic rings. The van der Waals surface area contributed by atoms with Gasteiger partial charge in [-0.2, -0.15) is 0 Å². The monoisotopic (exact) mass is 158 g/mol. The Morgan fingerprint density at radius 2 is 2.09 bits per heavy atom. The molecule has 2 nitrogen and oxygen atoms in total. The Kier molecular flexibility index (Phi) is 6.13. The summed E-state index contributed by atoms with van der Waals surface area (Å²) >= 11 is 0. The van der Waals surface area contributed by atoms with Gasteiger partial charge in [0.1, 0.15) is 6.61 Å². The fourth-order valence-corrected chi connectivity index (χ4v) is 1.17. The maximum absolute atomic E-state index is 11.0. The van der Waals surface area contributed by atoms with Crippen LogP contribution in [0.1, 0.15) is 39.5 Å². The Labute approximate surface area is 68.6 Å². The predicted octanol–water partition coefficient (Wildman–Crippen LogP) is 1.76. The first-order chi connectivity index (χ1) is 5.26. The van der Waals surface area contributed by atoms with E-state index in [0.717, 1.165) is 25.7 Å². The smallest absolute Gasteiger partial charge is 0.161 e. The van der Waals surface area contributed by atoms with Gasteiger partial charge in [-0.25, -0.2) is 0 Å². The van der Waals surface area contributed by atoms with Crippen molar-refractivity contribution in [1.82, 2.24) is 0 Å². The van der Waals surface area contributed by atoms with Crippen LogP contribution in [0, 0.1) is 5.92 Å². The van der Waals surface area contributed by atoms with Gasteiger partial charge in [0.15, 0.2) is 5.78 Å². The van der Waals surface area contributed by atoms with Crippen molar-refractivity contribution in [1.29, 1.82) is 0 Å². The van der Waals surface area contributed by atoms with Crippen LogP contribution >= 0.6 is 0 Å². The largest absolute Gasteiger partial charge is 0.389 e. The number of ketones is 1. The molecule has 1 N–H and O–H groups in total. The summed E-state index contributed by atoms with van der Waals surface area (Å²) in [4.78, 5) is 11.0. The van der Waals surface area contributed by atoms with E-state index in [1.807, 2.05) is 6.92 Å². The molecule has 0 amide bonds. The SMILES string of the molecule is CCCCC(CC)C(=O)CO. The number of unbranched alkanes of at least 4 members (excludes halogenated alkanes) is 1. The third-order valence-electron chi connectivity index (χ3n) is 2.01. The van der Waals surface area contributed by atoms with Crippen LogP contribution in [-0.4, -0.2) is 17.5 Å². The summed E-state index contributed by atoms with van der Waals surface area (Å²) in [5.41, 5.74) is 0. The molecule has 0 aromatic heterocycles. The lowest BCUT2D eigenvalue weighted by molar-refractivity contribution is -0.125. The number of hydrogen-bond donors (Lipinski definition) is 1. The molecule has 0 rings (SSSR count). The average molecular weight is 158 g/mol. The molecule has 0 aliphatic rings. The Bertz CT molecular complexity index is 110. The van der Waals surface area contributed by atoms with Gasteiger partial charge in [-0.15, -0.1) is 0 Å². The van der Waals surface area contributed by atoms with Crippen LogP contribution in [0.4, 0.5) is 0 Å². The second-order valence-electron chi connectivity index (χ2n) is 2.87. The zero-order valence-electron chi connectivity index (χ0n) is 7.47. The van der Waals surface area contributed by atoms with Gasteiger partial charge < -0.3 is 5.11 Å². The molecule has 0 spiro atoms. The van der Waals surface area contributed by atoms with E-state index in [2.05, 4.69) is 6.92 Å². The summed E-state index contributed by atoms with van der Waals surface area (Å²) in [6, 6.07) is 0. The van der Waals surface area contributed by atoms with Crippen LogP contribution in [0.2, 0.25) is 0 Å². The Morgan fingerprint density at radius 1 is 1.45 bits per heavy atom. The Balaban J connectivity index is 3.65. The second-order valence-corrected chi connectivity index (χ2v) is 2.87. The third kappa shape index (κ3) is 4.14. The van der Waals surface area contributed by atoms with Crippen molar-refractivity contribution in [2.45, 2.75) is 39.5 Å². The first-order valence-corrected chi connectivity index (χ1v) is 4.39. The minimum Gasteiger partial charge on any atom is -0.389 e. The van der Waals surface area contributed by atoms with Gasteiger partial charge in [-0.3, -0.25) is 4.79 Å². The molecule has 0 bridgehead atoms. The van der Waals surface area contributed by atoms with Gasteiger partial charge >= 0.3 is 0 Å². The highest BCUT2D eigenvalue weighted by atomic mass is 16.3. The van der Waals surface area contributed by atoms with Crippen molar-refractivity contribution in [3.8, 4) is 0 Å². The zero-order chi connectivity index (χ0) is 8.69. The van der Waals surface area contributed by atoms with Crippen molar-refractivity contribution in [2.24, 2.45) is 5.92 Å². The maximum atomic E-state index is 11.0. The van der Waals surface area contributed by atoms with E-state index in [1.165, 1.54) is 0 Å². The molecule has 66 valence electrons. The first kappa shape index (κ1) is 10.6. The summed E-state index contributed by atoms with van der Waals surface area (Å²) in [6.07, 6.45) is 4.01. The highest BCUT2D eigenvalue weighted by Gasteiger charge is 2.13. The molecule has 2 heteroatoms. The van der Waals surface area contributed by atoms with Gasteiger partial charge in [-0.1, -0.05) is 26.7 Å². The van der Waals surface area contributed by atoms with Crippen molar-refractivity contribution in [2.75, 3.05) is 6.61 Å². The maximum Gasteiger partial charge on any atom is 0.161 e. The number of Topliss-reactive ketones (excluding diaryl/α,β-unsaturated/α-hetero) is 1. The summed E-state index contributed by atoms with van der Waals surface area (Å²) in [6.45, 7) is 3.81. The quantitative estimate of drug-likeness (QED) is 0.639. The Morgan fingerprint density at radius 3 is 2.45 bits per heavy atom. The zero-order valence-corrected chi connectivity index (χ0v) is 7.47. The van der Waals surface area contributed by atoms with Crippen LogP contribution in [0.5, 0.6) is 0 Å². The topological polar surface area (TPSA) is 37.3 Å². The molecule has 1 atom stereocenters. The average Bonchev–Trinajstić information content (AvgIpc) is 2.05. The summed E-state index contributed by atoms with van der Waals surface area (Å²) < 4.78 is 0. The van der Waals surface area contributed by atoms with Crippen LogP contribution in [0.15, 0.2) is 0 Å². The lowest BCUT2D eigenvalue weighted by atomic mass is 9.95. The number of hydrogen-bond acceptors (Lipinski definition) is 2. The van der Waals surface area contributed by atoms with Crippen molar-refractivity contribution in [3.63, 3.8) is 0 Å². The number of aliphatic hydroxyl groups excluding tert-OH is 1. The van der Waals surface area contributed by atoms with E-state index < -0.39 is 0 Å². The van der Waals surface area contributed by atoms with Gasteiger partial charge in [-0.05, 0) is 12.8 Å². The lowest BCUT2D eigenvalue weighted by Gasteiger charge is -2.10. The van der Waals surface area contributed by atoms with Gasteiger partial charge in [0, 0.05) is 5.92 Å². The van der Waals surface area contributed by atoms with Gasteiger partial charge in [0.2, 0.25) is 0 Å². The second kappa shape index (κ2) is 6.35. The molecule has 0 saturated carbocycles. The van der Waals surface area contributed by atoms with E-state index in [9.17, 15) is 4.79 Å². The molecule has 0 aliphatic heterocycles. The summed E-state index contributed by atoms with van der Waals surface area (Å²) in [7, 11) is 0. The van der Waals surface area contributed by atoms with Gasteiger partial charge in [0.05, 0.1) is 0 Å². The van der Waals surface area contributed by atoms with E-state index in [4.69, 9.17) is 5.11 Å². The van der Waals surface area contributed by atoms with Crippen LogP contribution in [0.25, 0.3) is 0 Å². The van der Waals surface area contributed by atoms with E-state index in [0.29, 0.717) is 0 Å². The minimum atomic E-state index is -0.289. The highest BCUT2D eigenvalue weighted by Crippen LogP contribution is 2.12. The minimum absolute atomic E-state index is 0.000880.